The van der Waals surface area contributed by atoms with Gasteiger partial charge in [-0.15, -0.1) is 6.58 Å². The van der Waals surface area contributed by atoms with Gasteiger partial charge in [-0.1, -0.05) is 18.2 Å². The summed E-state index contributed by atoms with van der Waals surface area (Å²) in [4.78, 5) is 0. The molecule has 0 fully saturated rings. The van der Waals surface area contributed by atoms with Gasteiger partial charge in [0.25, 0.3) is 0 Å². The summed E-state index contributed by atoms with van der Waals surface area (Å²) in [6.07, 6.45) is 3.95. The molecule has 0 amide bonds. The van der Waals surface area contributed by atoms with Crippen LogP contribution in [0, 0.1) is 6.07 Å². The van der Waals surface area contributed by atoms with Gasteiger partial charge < -0.3 is 4.57 Å². The summed E-state index contributed by atoms with van der Waals surface area (Å²) in [7, 11) is 0. The second-order valence-corrected chi connectivity index (χ2v) is 2.73. The molecule has 1 aromatic heterocycles. The summed E-state index contributed by atoms with van der Waals surface area (Å²) in [5.41, 5.74) is 1.22. The molecule has 1 heterocycles. The van der Waals surface area contributed by atoms with Crippen LogP contribution in [0.1, 0.15) is 0 Å². The minimum atomic E-state index is 0.862. The van der Waals surface area contributed by atoms with Crippen LogP contribution in [0.3, 0.4) is 0 Å². The van der Waals surface area contributed by atoms with Crippen molar-refractivity contribution in [3.63, 3.8) is 0 Å². The molecular formula is C11H10N. The Morgan fingerprint density at radius 2 is 2.42 bits per heavy atom. The first kappa shape index (κ1) is 7.17. The zero-order chi connectivity index (χ0) is 8.39. The molecule has 1 nitrogen and oxygen atoms in total. The maximum atomic E-state index is 3.71. The second-order valence-electron chi connectivity index (χ2n) is 2.73. The van der Waals surface area contributed by atoms with Crippen molar-refractivity contribution in [2.75, 3.05) is 0 Å². The van der Waals surface area contributed by atoms with Crippen LogP contribution in [-0.4, -0.2) is 4.57 Å². The smallest absolute Gasteiger partial charge is 0.0489 e. The average Bonchev–Trinajstić information content (AvgIpc) is 2.50. The number of hydrogen-bond donors (Lipinski definition) is 0. The Morgan fingerprint density at radius 3 is 3.25 bits per heavy atom. The summed E-state index contributed by atoms with van der Waals surface area (Å²) in [6, 6.07) is 11.3. The van der Waals surface area contributed by atoms with E-state index in [1.807, 2.05) is 18.2 Å². The first-order valence-electron chi connectivity index (χ1n) is 3.98. The Morgan fingerprint density at radius 1 is 1.50 bits per heavy atom. The minimum Gasteiger partial charge on any atom is -0.344 e. The van der Waals surface area contributed by atoms with Crippen molar-refractivity contribution in [1.82, 2.24) is 4.57 Å². The Balaban J connectivity index is 2.62. The van der Waals surface area contributed by atoms with Crippen molar-refractivity contribution in [1.29, 1.82) is 0 Å². The monoisotopic (exact) mass is 156 g/mol. The highest BCUT2D eigenvalue weighted by atomic mass is 14.9. The first-order chi connectivity index (χ1) is 5.92. The molecule has 0 saturated carbocycles. The van der Waals surface area contributed by atoms with Gasteiger partial charge in [0.05, 0.1) is 0 Å². The zero-order valence-electron chi connectivity index (χ0n) is 6.83. The molecule has 1 radical (unpaired) electrons. The number of nitrogens with zero attached hydrogens (tertiary/aromatic N) is 1. The van der Waals surface area contributed by atoms with Crippen LogP contribution in [0.2, 0.25) is 0 Å². The van der Waals surface area contributed by atoms with E-state index >= 15 is 0 Å². The second kappa shape index (κ2) is 2.86. The Hall–Kier alpha value is -1.50. The molecule has 1 heteroatoms. The molecule has 2 aromatic rings. The third-order valence-corrected chi connectivity index (χ3v) is 1.92. The molecule has 0 N–H and O–H groups in total. The molecule has 0 saturated heterocycles. The van der Waals surface area contributed by atoms with E-state index in [-0.39, 0.29) is 0 Å². The van der Waals surface area contributed by atoms with Crippen LogP contribution >= 0.6 is 0 Å². The van der Waals surface area contributed by atoms with Gasteiger partial charge in [0.2, 0.25) is 0 Å². The summed E-state index contributed by atoms with van der Waals surface area (Å²) >= 11 is 0. The van der Waals surface area contributed by atoms with E-state index < -0.39 is 0 Å². The number of rotatable bonds is 2. The lowest BCUT2D eigenvalue weighted by Gasteiger charge is -1.98. The van der Waals surface area contributed by atoms with E-state index in [2.05, 4.69) is 35.5 Å². The summed E-state index contributed by atoms with van der Waals surface area (Å²) in [6.45, 7) is 4.57. The maximum Gasteiger partial charge on any atom is 0.0489 e. The zero-order valence-corrected chi connectivity index (χ0v) is 6.83. The fourth-order valence-corrected chi connectivity index (χ4v) is 1.37. The molecule has 12 heavy (non-hydrogen) atoms. The lowest BCUT2D eigenvalue weighted by atomic mass is 10.2. The van der Waals surface area contributed by atoms with E-state index in [4.69, 9.17) is 0 Å². The van der Waals surface area contributed by atoms with Crippen LogP contribution < -0.4 is 0 Å². The number of hydrogen-bond acceptors (Lipinski definition) is 0. The molecular weight excluding hydrogens is 146 g/mol. The molecule has 1 aromatic carbocycles. The quantitative estimate of drug-likeness (QED) is 0.589. The van der Waals surface area contributed by atoms with Gasteiger partial charge in [-0.05, 0) is 18.2 Å². The van der Waals surface area contributed by atoms with Crippen molar-refractivity contribution in [3.8, 4) is 0 Å². The average molecular weight is 156 g/mol. The first-order valence-corrected chi connectivity index (χ1v) is 3.98. The lowest BCUT2D eigenvalue weighted by Crippen LogP contribution is -1.90. The topological polar surface area (TPSA) is 4.93 Å². The van der Waals surface area contributed by atoms with Crippen LogP contribution in [-0.2, 0) is 6.54 Å². The van der Waals surface area contributed by atoms with Gasteiger partial charge in [-0.3, -0.25) is 0 Å². The Labute approximate surface area is 71.9 Å². The number of aromatic nitrogens is 1. The van der Waals surface area contributed by atoms with Crippen molar-refractivity contribution >= 4 is 10.9 Å². The molecule has 59 valence electrons. The van der Waals surface area contributed by atoms with Gasteiger partial charge in [-0.25, -0.2) is 0 Å². The largest absolute Gasteiger partial charge is 0.344 e. The maximum absolute atomic E-state index is 3.71. The van der Waals surface area contributed by atoms with Crippen molar-refractivity contribution in [2.45, 2.75) is 6.54 Å². The van der Waals surface area contributed by atoms with Crippen LogP contribution in [0.15, 0.2) is 43.1 Å². The van der Waals surface area contributed by atoms with E-state index in [1.165, 1.54) is 10.9 Å². The van der Waals surface area contributed by atoms with Gasteiger partial charge in [0, 0.05) is 23.6 Å². The normalized spacial score (nSPS) is 10.3. The van der Waals surface area contributed by atoms with E-state index in [9.17, 15) is 0 Å². The highest BCUT2D eigenvalue weighted by Crippen LogP contribution is 2.13. The molecule has 0 unspecified atom stereocenters. The summed E-state index contributed by atoms with van der Waals surface area (Å²) in [5, 5.41) is 1.17. The predicted molar refractivity (Wildman–Crippen MR) is 51.0 cm³/mol. The fraction of sp³-hybridized carbons (Fsp3) is 0.0909. The van der Waals surface area contributed by atoms with Crippen molar-refractivity contribution in [3.05, 3.63) is 49.2 Å². The van der Waals surface area contributed by atoms with Crippen LogP contribution in [0.25, 0.3) is 10.9 Å². The molecule has 0 bridgehead atoms. The van der Waals surface area contributed by atoms with Gasteiger partial charge in [0.15, 0.2) is 0 Å². The van der Waals surface area contributed by atoms with Crippen LogP contribution in [0.4, 0.5) is 0 Å². The standard InChI is InChI=1S/C11H10N/c1-2-8-12-9-7-10-5-3-4-6-11(10)12/h2-4,6-7,9H,1,8H2. The minimum absolute atomic E-state index is 0.862. The highest BCUT2D eigenvalue weighted by molar-refractivity contribution is 5.79. The Kier molecular flexibility index (Phi) is 1.71. The highest BCUT2D eigenvalue weighted by Gasteiger charge is 1.96. The Bertz CT molecular complexity index is 398. The molecule has 0 spiro atoms. The lowest BCUT2D eigenvalue weighted by molar-refractivity contribution is 0.865. The third kappa shape index (κ3) is 1.03. The van der Waals surface area contributed by atoms with E-state index in [0.717, 1.165) is 6.54 Å². The molecule has 0 atom stereocenters. The number of fused-ring (bicyclic) bond motifs is 1. The van der Waals surface area contributed by atoms with E-state index in [1.54, 1.807) is 0 Å². The number of benzene rings is 1. The molecule has 2 rings (SSSR count). The number of allylic oxidation sites excluding steroid dienone is 1. The van der Waals surface area contributed by atoms with Gasteiger partial charge >= 0.3 is 0 Å². The SMILES string of the molecule is C=CCn1ccc2[c]cccc21. The third-order valence-electron chi connectivity index (χ3n) is 1.92. The molecule has 0 aliphatic heterocycles. The fourth-order valence-electron chi connectivity index (χ4n) is 1.37. The van der Waals surface area contributed by atoms with Crippen molar-refractivity contribution in [2.24, 2.45) is 0 Å². The molecule has 0 aliphatic rings. The van der Waals surface area contributed by atoms with Gasteiger partial charge in [0.1, 0.15) is 0 Å². The van der Waals surface area contributed by atoms with Crippen LogP contribution in [0.5, 0.6) is 0 Å². The van der Waals surface area contributed by atoms with Crippen molar-refractivity contribution < 1.29 is 0 Å². The van der Waals surface area contributed by atoms with E-state index in [0.29, 0.717) is 0 Å². The predicted octanol–water partition coefficient (Wildman–Crippen LogP) is 2.63. The summed E-state index contributed by atoms with van der Waals surface area (Å²) in [5.74, 6) is 0. The molecule has 0 aliphatic carbocycles. The van der Waals surface area contributed by atoms with Gasteiger partial charge in [-0.2, -0.15) is 0 Å². The summed E-state index contributed by atoms with van der Waals surface area (Å²) < 4.78 is 2.15.